The number of rotatable bonds is 2. The van der Waals surface area contributed by atoms with E-state index in [0.29, 0.717) is 18.8 Å². The number of fused-ring (bicyclic) bond motifs is 2. The number of ether oxygens (including phenoxy) is 3. The zero-order chi connectivity index (χ0) is 15.1. The average Bonchev–Trinajstić information content (AvgIpc) is 3.11. The van der Waals surface area contributed by atoms with Crippen LogP contribution in [-0.2, 0) is 14.2 Å². The number of carbonyl (C=O) groups excluding carboxylic acids is 1. The normalized spacial score (nSPS) is 27.0. The molecular weight excluding hydrogens is 284 g/mol. The Labute approximate surface area is 127 Å². The highest BCUT2D eigenvalue weighted by atomic mass is 16.6. The summed E-state index contributed by atoms with van der Waals surface area (Å²) < 4.78 is 16.7. The lowest BCUT2D eigenvalue weighted by Gasteiger charge is -2.16. The third kappa shape index (κ3) is 2.32. The summed E-state index contributed by atoms with van der Waals surface area (Å²) in [7, 11) is 0. The Bertz CT molecular complexity index is 726. The van der Waals surface area contributed by atoms with Crippen molar-refractivity contribution in [1.29, 1.82) is 0 Å². The van der Waals surface area contributed by atoms with Gasteiger partial charge in [0.1, 0.15) is 11.9 Å². The summed E-state index contributed by atoms with van der Waals surface area (Å²) in [6.07, 6.45) is 0.437. The first-order valence-corrected chi connectivity index (χ1v) is 7.38. The van der Waals surface area contributed by atoms with Crippen molar-refractivity contribution < 1.29 is 24.1 Å². The van der Waals surface area contributed by atoms with Gasteiger partial charge in [-0.05, 0) is 41.5 Å². The fourth-order valence-electron chi connectivity index (χ4n) is 3.10. The Morgan fingerprint density at radius 3 is 2.86 bits per heavy atom. The lowest BCUT2D eigenvalue weighted by Crippen LogP contribution is -2.32. The number of aromatic hydroxyl groups is 1. The molecule has 5 nitrogen and oxygen atoms in total. The van der Waals surface area contributed by atoms with Crippen LogP contribution in [-0.4, -0.2) is 42.6 Å². The molecule has 2 saturated heterocycles. The molecule has 2 heterocycles. The van der Waals surface area contributed by atoms with Gasteiger partial charge in [-0.25, -0.2) is 4.79 Å². The van der Waals surface area contributed by atoms with Crippen LogP contribution in [0.1, 0.15) is 16.8 Å². The van der Waals surface area contributed by atoms with Crippen molar-refractivity contribution in [3.05, 3.63) is 42.0 Å². The van der Waals surface area contributed by atoms with Crippen molar-refractivity contribution >= 4 is 16.7 Å². The number of phenolic OH excluding ortho intramolecular Hbond substituents is 1. The molecule has 0 aromatic heterocycles. The highest BCUT2D eigenvalue weighted by molar-refractivity contribution is 5.95. The SMILES string of the molecule is O=C(OC1CO[C@@H]2CCO[C@H]12)c1ccc2cc(O)ccc2c1. The van der Waals surface area contributed by atoms with Gasteiger partial charge in [-0.3, -0.25) is 0 Å². The standard InChI is InChI=1S/C17H16O5/c18-13-4-3-10-7-12(2-1-11(10)8-13)17(19)22-15-9-21-14-5-6-20-16(14)15/h1-4,7-8,14-16,18H,5-6,9H2/t14-,15?,16+/m1/s1. The van der Waals surface area contributed by atoms with Crippen LogP contribution in [0.5, 0.6) is 5.75 Å². The van der Waals surface area contributed by atoms with E-state index in [1.54, 1.807) is 36.4 Å². The van der Waals surface area contributed by atoms with Gasteiger partial charge in [0.25, 0.3) is 0 Å². The van der Waals surface area contributed by atoms with Gasteiger partial charge in [0.15, 0.2) is 6.10 Å². The minimum Gasteiger partial charge on any atom is -0.508 e. The van der Waals surface area contributed by atoms with E-state index in [0.717, 1.165) is 17.2 Å². The molecule has 3 atom stereocenters. The van der Waals surface area contributed by atoms with E-state index in [1.165, 1.54) is 0 Å². The zero-order valence-corrected chi connectivity index (χ0v) is 11.9. The molecule has 0 bridgehead atoms. The molecule has 2 aliphatic heterocycles. The number of esters is 1. The van der Waals surface area contributed by atoms with Crippen LogP contribution >= 0.6 is 0 Å². The summed E-state index contributed by atoms with van der Waals surface area (Å²) in [4.78, 5) is 12.3. The highest BCUT2D eigenvalue weighted by Gasteiger charge is 2.44. The monoisotopic (exact) mass is 300 g/mol. The fourth-order valence-corrected chi connectivity index (χ4v) is 3.10. The summed E-state index contributed by atoms with van der Waals surface area (Å²) in [5.74, 6) is -0.171. The summed E-state index contributed by atoms with van der Waals surface area (Å²) >= 11 is 0. The zero-order valence-electron chi connectivity index (χ0n) is 11.9. The molecule has 5 heteroatoms. The first-order chi connectivity index (χ1) is 10.7. The molecule has 2 aromatic carbocycles. The average molecular weight is 300 g/mol. The smallest absolute Gasteiger partial charge is 0.338 e. The van der Waals surface area contributed by atoms with E-state index in [9.17, 15) is 9.90 Å². The summed E-state index contributed by atoms with van der Waals surface area (Å²) in [5.41, 5.74) is 0.486. The largest absolute Gasteiger partial charge is 0.508 e. The van der Waals surface area contributed by atoms with Crippen LogP contribution in [0.4, 0.5) is 0 Å². The van der Waals surface area contributed by atoms with Crippen molar-refractivity contribution in [3.63, 3.8) is 0 Å². The van der Waals surface area contributed by atoms with Crippen LogP contribution in [0.15, 0.2) is 36.4 Å². The molecule has 2 fully saturated rings. The molecule has 0 amide bonds. The molecule has 1 N–H and O–H groups in total. The van der Waals surface area contributed by atoms with Gasteiger partial charge in [-0.15, -0.1) is 0 Å². The van der Waals surface area contributed by atoms with E-state index in [1.807, 2.05) is 0 Å². The van der Waals surface area contributed by atoms with Crippen LogP contribution in [0, 0.1) is 0 Å². The summed E-state index contributed by atoms with van der Waals surface area (Å²) in [5, 5.41) is 11.2. The summed E-state index contributed by atoms with van der Waals surface area (Å²) in [6, 6.07) is 10.3. The van der Waals surface area contributed by atoms with Crippen molar-refractivity contribution in [2.75, 3.05) is 13.2 Å². The Morgan fingerprint density at radius 2 is 1.95 bits per heavy atom. The second-order valence-electron chi connectivity index (χ2n) is 5.69. The Morgan fingerprint density at radius 1 is 1.14 bits per heavy atom. The van der Waals surface area contributed by atoms with Gasteiger partial charge in [0.05, 0.1) is 18.3 Å². The quantitative estimate of drug-likeness (QED) is 0.862. The second kappa shape index (κ2) is 5.26. The van der Waals surface area contributed by atoms with Crippen LogP contribution < -0.4 is 0 Å². The van der Waals surface area contributed by atoms with Gasteiger partial charge in [-0.2, -0.15) is 0 Å². The Hall–Kier alpha value is -2.11. The van der Waals surface area contributed by atoms with Crippen LogP contribution in [0.3, 0.4) is 0 Å². The third-order valence-corrected chi connectivity index (χ3v) is 4.24. The van der Waals surface area contributed by atoms with E-state index in [-0.39, 0.29) is 30.0 Å². The molecule has 2 aliphatic rings. The molecule has 0 radical (unpaired) electrons. The van der Waals surface area contributed by atoms with Gasteiger partial charge >= 0.3 is 5.97 Å². The molecule has 0 spiro atoms. The molecule has 0 saturated carbocycles. The van der Waals surface area contributed by atoms with Gasteiger partial charge in [0.2, 0.25) is 0 Å². The van der Waals surface area contributed by atoms with Crippen LogP contribution in [0.25, 0.3) is 10.8 Å². The van der Waals surface area contributed by atoms with Crippen LogP contribution in [0.2, 0.25) is 0 Å². The molecule has 0 aliphatic carbocycles. The molecule has 114 valence electrons. The number of phenols is 1. The lowest BCUT2D eigenvalue weighted by molar-refractivity contribution is -0.0147. The maximum absolute atomic E-state index is 12.3. The van der Waals surface area contributed by atoms with E-state index >= 15 is 0 Å². The maximum atomic E-state index is 12.3. The Balaban J connectivity index is 1.54. The fraction of sp³-hybridized carbons (Fsp3) is 0.353. The third-order valence-electron chi connectivity index (χ3n) is 4.24. The minimum absolute atomic E-state index is 0.0531. The molecule has 22 heavy (non-hydrogen) atoms. The lowest BCUT2D eigenvalue weighted by atomic mass is 10.1. The molecule has 2 aromatic rings. The predicted octanol–water partition coefficient (Wildman–Crippen LogP) is 2.26. The van der Waals surface area contributed by atoms with E-state index in [2.05, 4.69) is 0 Å². The minimum atomic E-state index is -0.375. The van der Waals surface area contributed by atoms with Gasteiger partial charge in [-0.1, -0.05) is 12.1 Å². The number of benzene rings is 2. The number of hydrogen-bond acceptors (Lipinski definition) is 5. The molecule has 4 rings (SSSR count). The molecule has 1 unspecified atom stereocenters. The van der Waals surface area contributed by atoms with Crippen molar-refractivity contribution in [3.8, 4) is 5.75 Å². The number of hydrogen-bond donors (Lipinski definition) is 1. The number of carbonyl (C=O) groups is 1. The first kappa shape index (κ1) is 13.5. The van der Waals surface area contributed by atoms with Crippen molar-refractivity contribution in [2.24, 2.45) is 0 Å². The van der Waals surface area contributed by atoms with Crippen molar-refractivity contribution in [1.82, 2.24) is 0 Å². The Kier molecular flexibility index (Phi) is 3.24. The summed E-state index contributed by atoms with van der Waals surface area (Å²) in [6.45, 7) is 1.05. The van der Waals surface area contributed by atoms with Gasteiger partial charge in [0, 0.05) is 6.61 Å². The van der Waals surface area contributed by atoms with E-state index in [4.69, 9.17) is 14.2 Å². The van der Waals surface area contributed by atoms with Crippen molar-refractivity contribution in [2.45, 2.75) is 24.7 Å². The van der Waals surface area contributed by atoms with Gasteiger partial charge < -0.3 is 19.3 Å². The topological polar surface area (TPSA) is 65.0 Å². The van der Waals surface area contributed by atoms with E-state index < -0.39 is 0 Å². The molecular formula is C17H16O5. The highest BCUT2D eigenvalue weighted by Crippen LogP contribution is 2.29. The maximum Gasteiger partial charge on any atom is 0.338 e. The first-order valence-electron chi connectivity index (χ1n) is 7.38. The predicted molar refractivity (Wildman–Crippen MR) is 78.9 cm³/mol. The second-order valence-corrected chi connectivity index (χ2v) is 5.69.